The van der Waals surface area contributed by atoms with Crippen molar-refractivity contribution in [3.05, 3.63) is 18.0 Å². The van der Waals surface area contributed by atoms with Gasteiger partial charge in [-0.2, -0.15) is 5.10 Å². The first kappa shape index (κ1) is 8.60. The Kier molecular flexibility index (Phi) is 2.55. The Morgan fingerprint density at radius 1 is 1.55 bits per heavy atom. The number of nitrogens with zero attached hydrogens (tertiary/aromatic N) is 2. The third-order valence-electron chi connectivity index (χ3n) is 1.63. The SMILES string of the molecule is CC(C)C(Cl)c1cnn(C)c1. The smallest absolute Gasteiger partial charge is 0.0639 e. The molecule has 11 heavy (non-hydrogen) atoms. The summed E-state index contributed by atoms with van der Waals surface area (Å²) in [6.45, 7) is 4.20. The standard InChI is InChI=1S/C8H13ClN2/c1-6(2)8(9)7-4-10-11(3)5-7/h4-6,8H,1-3H3. The van der Waals surface area contributed by atoms with E-state index in [0.29, 0.717) is 5.92 Å². The van der Waals surface area contributed by atoms with Crippen LogP contribution in [0.25, 0.3) is 0 Å². The van der Waals surface area contributed by atoms with Gasteiger partial charge < -0.3 is 0 Å². The topological polar surface area (TPSA) is 17.8 Å². The predicted molar refractivity (Wildman–Crippen MR) is 46.6 cm³/mol. The maximum atomic E-state index is 6.10. The summed E-state index contributed by atoms with van der Waals surface area (Å²) in [6, 6.07) is 0. The molecule has 0 spiro atoms. The van der Waals surface area contributed by atoms with Crippen LogP contribution in [0.15, 0.2) is 12.4 Å². The minimum absolute atomic E-state index is 0.0868. The highest BCUT2D eigenvalue weighted by atomic mass is 35.5. The molecule has 0 saturated carbocycles. The van der Waals surface area contributed by atoms with Crippen LogP contribution in [0.2, 0.25) is 0 Å². The molecule has 0 saturated heterocycles. The average molecular weight is 173 g/mol. The van der Waals surface area contributed by atoms with Crippen molar-refractivity contribution in [3.63, 3.8) is 0 Å². The van der Waals surface area contributed by atoms with Crippen LogP contribution in [-0.4, -0.2) is 9.78 Å². The Labute approximate surface area is 72.2 Å². The minimum Gasteiger partial charge on any atom is -0.275 e. The van der Waals surface area contributed by atoms with Gasteiger partial charge in [-0.1, -0.05) is 13.8 Å². The van der Waals surface area contributed by atoms with Crippen LogP contribution in [0.1, 0.15) is 24.8 Å². The van der Waals surface area contributed by atoms with Gasteiger partial charge in [0.25, 0.3) is 0 Å². The number of halogens is 1. The van der Waals surface area contributed by atoms with Crippen LogP contribution in [-0.2, 0) is 7.05 Å². The Bertz CT molecular complexity index is 230. The Morgan fingerprint density at radius 2 is 2.18 bits per heavy atom. The van der Waals surface area contributed by atoms with E-state index in [0.717, 1.165) is 5.56 Å². The van der Waals surface area contributed by atoms with Gasteiger partial charge in [0.05, 0.1) is 11.6 Å². The summed E-state index contributed by atoms with van der Waals surface area (Å²) < 4.78 is 1.77. The van der Waals surface area contributed by atoms with Gasteiger partial charge in [-0.15, -0.1) is 11.6 Å². The van der Waals surface area contributed by atoms with Gasteiger partial charge in [-0.3, -0.25) is 4.68 Å². The zero-order valence-electron chi connectivity index (χ0n) is 7.08. The molecule has 62 valence electrons. The summed E-state index contributed by atoms with van der Waals surface area (Å²) in [5.74, 6) is 0.459. The van der Waals surface area contributed by atoms with E-state index in [1.807, 2.05) is 19.4 Å². The first-order valence-corrected chi connectivity index (χ1v) is 4.17. The molecule has 0 amide bonds. The second-order valence-electron chi connectivity index (χ2n) is 3.09. The monoisotopic (exact) mass is 172 g/mol. The summed E-state index contributed by atoms with van der Waals surface area (Å²) in [7, 11) is 1.90. The molecule has 1 rings (SSSR count). The number of rotatable bonds is 2. The van der Waals surface area contributed by atoms with Crippen LogP contribution in [0.4, 0.5) is 0 Å². The number of aromatic nitrogens is 2. The van der Waals surface area contributed by atoms with Crippen LogP contribution in [0.5, 0.6) is 0 Å². The fraction of sp³-hybridized carbons (Fsp3) is 0.625. The molecule has 1 unspecified atom stereocenters. The molecule has 0 radical (unpaired) electrons. The Hall–Kier alpha value is -0.500. The highest BCUT2D eigenvalue weighted by molar-refractivity contribution is 6.20. The molecule has 0 N–H and O–H groups in total. The molecular formula is C8H13ClN2. The summed E-state index contributed by atoms with van der Waals surface area (Å²) in [5, 5.41) is 4.14. The van der Waals surface area contributed by atoms with Gasteiger partial charge in [-0.25, -0.2) is 0 Å². The van der Waals surface area contributed by atoms with Gasteiger partial charge >= 0.3 is 0 Å². The fourth-order valence-corrected chi connectivity index (χ4v) is 1.08. The highest BCUT2D eigenvalue weighted by Gasteiger charge is 2.13. The zero-order chi connectivity index (χ0) is 8.43. The molecule has 0 aromatic carbocycles. The number of alkyl halides is 1. The van der Waals surface area contributed by atoms with Gasteiger partial charge in [0.2, 0.25) is 0 Å². The second-order valence-corrected chi connectivity index (χ2v) is 3.56. The molecule has 2 nitrogen and oxygen atoms in total. The van der Waals surface area contributed by atoms with Crippen LogP contribution in [0, 0.1) is 5.92 Å². The largest absolute Gasteiger partial charge is 0.275 e. The van der Waals surface area contributed by atoms with Crippen molar-refractivity contribution in [1.29, 1.82) is 0 Å². The van der Waals surface area contributed by atoms with Crippen molar-refractivity contribution in [3.8, 4) is 0 Å². The first-order chi connectivity index (χ1) is 5.11. The lowest BCUT2D eigenvalue weighted by Gasteiger charge is -2.09. The normalized spacial score (nSPS) is 13.9. The molecule has 1 atom stereocenters. The molecule has 0 aliphatic carbocycles. The molecular weight excluding hydrogens is 160 g/mol. The average Bonchev–Trinajstić information content (AvgIpc) is 2.34. The van der Waals surface area contributed by atoms with Crippen molar-refractivity contribution in [2.45, 2.75) is 19.2 Å². The maximum Gasteiger partial charge on any atom is 0.0639 e. The van der Waals surface area contributed by atoms with E-state index in [4.69, 9.17) is 11.6 Å². The molecule has 1 heterocycles. The molecule has 0 aliphatic heterocycles. The van der Waals surface area contributed by atoms with E-state index in [1.165, 1.54) is 0 Å². The fourth-order valence-electron chi connectivity index (χ4n) is 0.967. The second kappa shape index (κ2) is 3.26. The van der Waals surface area contributed by atoms with E-state index >= 15 is 0 Å². The zero-order valence-corrected chi connectivity index (χ0v) is 7.84. The third-order valence-corrected chi connectivity index (χ3v) is 2.38. The van der Waals surface area contributed by atoms with Crippen LogP contribution < -0.4 is 0 Å². The minimum atomic E-state index is 0.0868. The lowest BCUT2D eigenvalue weighted by Crippen LogP contribution is -1.97. The number of hydrogen-bond acceptors (Lipinski definition) is 1. The molecule has 0 fully saturated rings. The van der Waals surface area contributed by atoms with E-state index < -0.39 is 0 Å². The van der Waals surface area contributed by atoms with Crippen molar-refractivity contribution in [2.24, 2.45) is 13.0 Å². The van der Waals surface area contributed by atoms with Crippen molar-refractivity contribution in [1.82, 2.24) is 9.78 Å². The molecule has 3 heteroatoms. The van der Waals surface area contributed by atoms with Crippen molar-refractivity contribution < 1.29 is 0 Å². The molecule has 1 aromatic rings. The lowest BCUT2D eigenvalue weighted by molar-refractivity contribution is 0.623. The maximum absolute atomic E-state index is 6.10. The van der Waals surface area contributed by atoms with E-state index in [1.54, 1.807) is 4.68 Å². The van der Waals surface area contributed by atoms with E-state index in [9.17, 15) is 0 Å². The summed E-state index contributed by atoms with van der Waals surface area (Å²) >= 11 is 6.10. The number of aryl methyl sites for hydroxylation is 1. The van der Waals surface area contributed by atoms with Crippen LogP contribution >= 0.6 is 11.6 Å². The molecule has 0 bridgehead atoms. The predicted octanol–water partition coefficient (Wildman–Crippen LogP) is 2.36. The molecule has 0 aliphatic rings. The summed E-state index contributed by atoms with van der Waals surface area (Å²) in [4.78, 5) is 0. The summed E-state index contributed by atoms with van der Waals surface area (Å²) in [6.07, 6.45) is 3.77. The molecule has 1 aromatic heterocycles. The summed E-state index contributed by atoms with van der Waals surface area (Å²) in [5.41, 5.74) is 1.10. The van der Waals surface area contributed by atoms with Crippen molar-refractivity contribution in [2.75, 3.05) is 0 Å². The lowest BCUT2D eigenvalue weighted by atomic mass is 10.1. The van der Waals surface area contributed by atoms with Gasteiger partial charge in [0, 0.05) is 18.8 Å². The third kappa shape index (κ3) is 1.96. The Morgan fingerprint density at radius 3 is 2.55 bits per heavy atom. The first-order valence-electron chi connectivity index (χ1n) is 3.74. The van der Waals surface area contributed by atoms with E-state index in [-0.39, 0.29) is 5.38 Å². The number of hydrogen-bond donors (Lipinski definition) is 0. The van der Waals surface area contributed by atoms with Crippen molar-refractivity contribution >= 4 is 11.6 Å². The Balaban J connectivity index is 2.76. The van der Waals surface area contributed by atoms with Gasteiger partial charge in [0.15, 0.2) is 0 Å². The van der Waals surface area contributed by atoms with Gasteiger partial charge in [0.1, 0.15) is 0 Å². The van der Waals surface area contributed by atoms with Gasteiger partial charge in [-0.05, 0) is 5.92 Å². The quantitative estimate of drug-likeness (QED) is 0.627. The van der Waals surface area contributed by atoms with E-state index in [2.05, 4.69) is 18.9 Å². The highest BCUT2D eigenvalue weighted by Crippen LogP contribution is 2.27. The van der Waals surface area contributed by atoms with Crippen LogP contribution in [0.3, 0.4) is 0 Å².